The second-order valence-corrected chi connectivity index (χ2v) is 10.5. The van der Waals surface area contributed by atoms with Crippen LogP contribution in [0.4, 0.5) is 0 Å². The number of ketones is 1. The van der Waals surface area contributed by atoms with Crippen LogP contribution in [-0.4, -0.2) is 73.9 Å². The molecule has 1 fully saturated rings. The lowest BCUT2D eigenvalue weighted by molar-refractivity contribution is -0.137. The molecule has 1 aliphatic heterocycles. The van der Waals surface area contributed by atoms with Gasteiger partial charge in [0.05, 0.1) is 30.5 Å². The SMILES string of the molecule is C/C(=C\C(=O)CCCCCCCCCC(=O)O)C[C@H](O)[C@H](O)[C@@H]1O[C@@H]([C@@H](O)[C@@H](C)[C@H](C)O)C[C@H]1C. The molecule has 1 rings (SSSR count). The molecule has 0 spiro atoms. The minimum Gasteiger partial charge on any atom is -0.481 e. The molecular formula is C27H48O8. The van der Waals surface area contributed by atoms with Gasteiger partial charge in [-0.1, -0.05) is 51.5 Å². The predicted octanol–water partition coefficient (Wildman–Crippen LogP) is 3.38. The molecule has 0 aromatic rings. The quantitative estimate of drug-likeness (QED) is 0.142. The van der Waals surface area contributed by atoms with E-state index in [1.165, 1.54) is 6.08 Å². The molecule has 35 heavy (non-hydrogen) atoms. The molecule has 0 saturated carbocycles. The van der Waals surface area contributed by atoms with E-state index in [1.807, 2.05) is 6.92 Å². The molecule has 5 N–H and O–H groups in total. The number of allylic oxidation sites excluding steroid dienone is 1. The summed E-state index contributed by atoms with van der Waals surface area (Å²) in [6.07, 6.45) is 4.48. The first kappa shape index (κ1) is 31.7. The number of unbranched alkanes of at least 4 members (excludes halogenated alkanes) is 6. The zero-order chi connectivity index (χ0) is 26.5. The van der Waals surface area contributed by atoms with E-state index in [0.717, 1.165) is 44.9 Å². The van der Waals surface area contributed by atoms with E-state index in [2.05, 4.69) is 0 Å². The summed E-state index contributed by atoms with van der Waals surface area (Å²) in [6, 6.07) is 0. The molecule has 0 radical (unpaired) electrons. The van der Waals surface area contributed by atoms with Crippen LogP contribution in [0.5, 0.6) is 0 Å². The highest BCUT2D eigenvalue weighted by Crippen LogP contribution is 2.34. The first-order valence-corrected chi connectivity index (χ1v) is 13.2. The average Bonchev–Trinajstić information content (AvgIpc) is 3.17. The highest BCUT2D eigenvalue weighted by Gasteiger charge is 2.43. The van der Waals surface area contributed by atoms with Crippen molar-refractivity contribution in [3.63, 3.8) is 0 Å². The number of hydrogen-bond acceptors (Lipinski definition) is 7. The molecule has 1 aliphatic rings. The van der Waals surface area contributed by atoms with Crippen molar-refractivity contribution in [2.24, 2.45) is 11.8 Å². The van der Waals surface area contributed by atoms with Gasteiger partial charge in [-0.2, -0.15) is 0 Å². The number of aliphatic carboxylic acids is 1. The highest BCUT2D eigenvalue weighted by molar-refractivity contribution is 5.90. The van der Waals surface area contributed by atoms with Crippen molar-refractivity contribution in [1.82, 2.24) is 0 Å². The Morgan fingerprint density at radius 1 is 0.914 bits per heavy atom. The Balaban J connectivity index is 2.35. The minimum absolute atomic E-state index is 0.00595. The maximum Gasteiger partial charge on any atom is 0.303 e. The van der Waals surface area contributed by atoms with Crippen LogP contribution in [0, 0.1) is 11.8 Å². The molecule has 0 aromatic carbocycles. The first-order valence-electron chi connectivity index (χ1n) is 13.2. The van der Waals surface area contributed by atoms with Crippen LogP contribution >= 0.6 is 0 Å². The van der Waals surface area contributed by atoms with E-state index in [0.29, 0.717) is 18.4 Å². The van der Waals surface area contributed by atoms with Gasteiger partial charge in [0.25, 0.3) is 0 Å². The summed E-state index contributed by atoms with van der Waals surface area (Å²) in [6.45, 7) is 7.04. The van der Waals surface area contributed by atoms with Gasteiger partial charge in [0.2, 0.25) is 0 Å². The Hall–Kier alpha value is -1.32. The van der Waals surface area contributed by atoms with Crippen molar-refractivity contribution in [2.45, 2.75) is 135 Å². The third kappa shape index (κ3) is 12.0. The van der Waals surface area contributed by atoms with E-state index in [9.17, 15) is 30.0 Å². The van der Waals surface area contributed by atoms with Gasteiger partial charge in [0.15, 0.2) is 5.78 Å². The molecule has 0 aliphatic carbocycles. The van der Waals surface area contributed by atoms with Gasteiger partial charge in [0.1, 0.15) is 6.10 Å². The molecular weight excluding hydrogens is 452 g/mol. The molecule has 8 heteroatoms. The van der Waals surface area contributed by atoms with Gasteiger partial charge in [-0.3, -0.25) is 9.59 Å². The Bertz CT molecular complexity index is 662. The molecule has 8 atom stereocenters. The predicted molar refractivity (Wildman–Crippen MR) is 134 cm³/mol. The number of ether oxygens (including phenoxy) is 1. The number of rotatable bonds is 18. The summed E-state index contributed by atoms with van der Waals surface area (Å²) in [4.78, 5) is 22.7. The molecule has 204 valence electrons. The van der Waals surface area contributed by atoms with Crippen molar-refractivity contribution >= 4 is 11.8 Å². The van der Waals surface area contributed by atoms with Crippen LogP contribution in [0.25, 0.3) is 0 Å². The Morgan fingerprint density at radius 3 is 2.00 bits per heavy atom. The summed E-state index contributed by atoms with van der Waals surface area (Å²) in [5, 5.41) is 50.0. The van der Waals surface area contributed by atoms with Gasteiger partial charge in [-0.05, 0) is 51.5 Å². The van der Waals surface area contributed by atoms with Crippen molar-refractivity contribution in [2.75, 3.05) is 0 Å². The van der Waals surface area contributed by atoms with E-state index in [1.54, 1.807) is 20.8 Å². The summed E-state index contributed by atoms with van der Waals surface area (Å²) in [5.74, 6) is -1.18. The van der Waals surface area contributed by atoms with Crippen LogP contribution in [0.1, 0.15) is 98.3 Å². The smallest absolute Gasteiger partial charge is 0.303 e. The number of aliphatic hydroxyl groups is 4. The van der Waals surface area contributed by atoms with Gasteiger partial charge >= 0.3 is 5.97 Å². The van der Waals surface area contributed by atoms with Crippen molar-refractivity contribution in [1.29, 1.82) is 0 Å². The number of carboxylic acids is 1. The molecule has 1 heterocycles. The molecule has 0 amide bonds. The monoisotopic (exact) mass is 500 g/mol. The second kappa shape index (κ2) is 16.4. The van der Waals surface area contributed by atoms with Crippen molar-refractivity contribution in [3.8, 4) is 0 Å². The summed E-state index contributed by atoms with van der Waals surface area (Å²) in [5.41, 5.74) is 0.699. The normalized spacial score (nSPS) is 25.1. The summed E-state index contributed by atoms with van der Waals surface area (Å²) >= 11 is 0. The number of aliphatic hydroxyl groups excluding tert-OH is 4. The third-order valence-electron chi connectivity index (χ3n) is 7.16. The van der Waals surface area contributed by atoms with Crippen molar-refractivity contribution < 1.29 is 39.9 Å². The van der Waals surface area contributed by atoms with Crippen LogP contribution < -0.4 is 0 Å². The average molecular weight is 501 g/mol. The maximum absolute atomic E-state index is 12.2. The molecule has 0 unspecified atom stereocenters. The lowest BCUT2D eigenvalue weighted by atomic mass is 9.89. The first-order chi connectivity index (χ1) is 16.4. The third-order valence-corrected chi connectivity index (χ3v) is 7.16. The molecule has 0 aromatic heterocycles. The molecule has 0 bridgehead atoms. The number of carbonyl (C=O) groups excluding carboxylic acids is 1. The van der Waals surface area contributed by atoms with Gasteiger partial charge in [-0.25, -0.2) is 0 Å². The number of hydrogen-bond donors (Lipinski definition) is 5. The fraction of sp³-hybridized carbons (Fsp3) is 0.852. The van der Waals surface area contributed by atoms with E-state index in [4.69, 9.17) is 9.84 Å². The number of carbonyl (C=O) groups is 2. The van der Waals surface area contributed by atoms with Crippen LogP contribution in [0.2, 0.25) is 0 Å². The van der Waals surface area contributed by atoms with Crippen LogP contribution in [-0.2, 0) is 14.3 Å². The Labute approximate surface area is 210 Å². The molecule has 8 nitrogen and oxygen atoms in total. The Morgan fingerprint density at radius 2 is 1.46 bits per heavy atom. The van der Waals surface area contributed by atoms with E-state index in [-0.39, 0.29) is 30.5 Å². The molecule has 1 saturated heterocycles. The van der Waals surface area contributed by atoms with Gasteiger partial charge in [0, 0.05) is 18.8 Å². The van der Waals surface area contributed by atoms with Crippen LogP contribution in [0.3, 0.4) is 0 Å². The van der Waals surface area contributed by atoms with Crippen molar-refractivity contribution in [3.05, 3.63) is 11.6 Å². The highest BCUT2D eigenvalue weighted by atomic mass is 16.5. The standard InChI is InChI=1S/C27H48O8/c1-17(14-21(29)12-10-8-6-5-7-9-11-13-24(31)32)15-22(30)26(34)27-18(2)16-23(35-27)25(33)19(3)20(4)28/h14,18-20,22-23,25-28,30,33-34H,5-13,15-16H2,1-4H3,(H,31,32)/b17-14+/t18-,19+,20+,22+,23-,25+,26+,27-/m1/s1. The van der Waals surface area contributed by atoms with Crippen LogP contribution in [0.15, 0.2) is 11.6 Å². The number of carboxylic acid groups (broad SMARTS) is 1. The lowest BCUT2D eigenvalue weighted by Gasteiger charge is -2.29. The zero-order valence-corrected chi connectivity index (χ0v) is 21.9. The summed E-state index contributed by atoms with van der Waals surface area (Å²) in [7, 11) is 0. The fourth-order valence-corrected chi connectivity index (χ4v) is 4.69. The van der Waals surface area contributed by atoms with E-state index >= 15 is 0 Å². The van der Waals surface area contributed by atoms with Gasteiger partial charge < -0.3 is 30.3 Å². The zero-order valence-electron chi connectivity index (χ0n) is 21.9. The topological polar surface area (TPSA) is 145 Å². The lowest BCUT2D eigenvalue weighted by Crippen LogP contribution is -2.42. The fourth-order valence-electron chi connectivity index (χ4n) is 4.69. The van der Waals surface area contributed by atoms with E-state index < -0.39 is 42.6 Å². The maximum atomic E-state index is 12.2. The second-order valence-electron chi connectivity index (χ2n) is 10.5. The minimum atomic E-state index is -1.14. The van der Waals surface area contributed by atoms with Gasteiger partial charge in [-0.15, -0.1) is 0 Å². The summed E-state index contributed by atoms with van der Waals surface area (Å²) < 4.78 is 5.89. The largest absolute Gasteiger partial charge is 0.481 e. The Kier molecular flexibility index (Phi) is 14.9.